The first kappa shape index (κ1) is 17.5. The van der Waals surface area contributed by atoms with Gasteiger partial charge in [0.25, 0.3) is 0 Å². The summed E-state index contributed by atoms with van der Waals surface area (Å²) in [5, 5.41) is 9.09. The summed E-state index contributed by atoms with van der Waals surface area (Å²) in [5.74, 6) is -2.24. The number of halogens is 1. The summed E-state index contributed by atoms with van der Waals surface area (Å²) >= 11 is 0. The largest absolute Gasteiger partial charge is 0.478 e. The Kier molecular flexibility index (Phi) is 5.82. The zero-order valence-corrected chi connectivity index (χ0v) is 12.9. The first-order valence-electron chi connectivity index (χ1n) is 6.29. The SMILES string of the molecule is CCN(C(C)COC)S(=O)(=O)c1cc(F)ccc1C(=O)O. The topological polar surface area (TPSA) is 83.9 Å². The minimum absolute atomic E-state index is 0.114. The van der Waals surface area contributed by atoms with Gasteiger partial charge >= 0.3 is 5.97 Å². The van der Waals surface area contributed by atoms with E-state index in [1.54, 1.807) is 13.8 Å². The van der Waals surface area contributed by atoms with Gasteiger partial charge in [-0.05, 0) is 25.1 Å². The number of benzene rings is 1. The van der Waals surface area contributed by atoms with Crippen molar-refractivity contribution in [2.24, 2.45) is 0 Å². The Hall–Kier alpha value is -1.51. The van der Waals surface area contributed by atoms with Crippen LogP contribution in [0.4, 0.5) is 4.39 Å². The van der Waals surface area contributed by atoms with Crippen LogP contribution >= 0.6 is 0 Å². The van der Waals surface area contributed by atoms with Crippen molar-refractivity contribution in [2.75, 3.05) is 20.3 Å². The average Bonchev–Trinajstić information content (AvgIpc) is 2.39. The van der Waals surface area contributed by atoms with Crippen LogP contribution < -0.4 is 0 Å². The lowest BCUT2D eigenvalue weighted by molar-refractivity contribution is 0.0692. The summed E-state index contributed by atoms with van der Waals surface area (Å²) in [4.78, 5) is 10.6. The Balaban J connectivity index is 3.41. The van der Waals surface area contributed by atoms with Crippen molar-refractivity contribution in [3.05, 3.63) is 29.6 Å². The van der Waals surface area contributed by atoms with E-state index in [9.17, 15) is 17.6 Å². The van der Waals surface area contributed by atoms with Crippen molar-refractivity contribution >= 4 is 16.0 Å². The minimum atomic E-state index is -4.14. The number of ether oxygens (including phenoxy) is 1. The molecule has 1 atom stereocenters. The van der Waals surface area contributed by atoms with Gasteiger partial charge in [-0.15, -0.1) is 0 Å². The number of methoxy groups -OCH3 is 1. The van der Waals surface area contributed by atoms with Crippen LogP contribution in [0.25, 0.3) is 0 Å². The van der Waals surface area contributed by atoms with E-state index in [1.807, 2.05) is 0 Å². The van der Waals surface area contributed by atoms with Crippen LogP contribution in [-0.2, 0) is 14.8 Å². The number of carbonyl (C=O) groups is 1. The van der Waals surface area contributed by atoms with E-state index in [2.05, 4.69) is 0 Å². The van der Waals surface area contributed by atoms with E-state index < -0.39 is 38.3 Å². The molecule has 21 heavy (non-hydrogen) atoms. The monoisotopic (exact) mass is 319 g/mol. The number of sulfonamides is 1. The maximum absolute atomic E-state index is 13.4. The molecule has 0 radical (unpaired) electrons. The van der Waals surface area contributed by atoms with E-state index in [4.69, 9.17) is 9.84 Å². The zero-order chi connectivity index (χ0) is 16.2. The Bertz CT molecular complexity index is 617. The van der Waals surface area contributed by atoms with Crippen LogP contribution in [-0.4, -0.2) is 50.1 Å². The quantitative estimate of drug-likeness (QED) is 0.824. The fourth-order valence-electron chi connectivity index (χ4n) is 2.06. The third-order valence-corrected chi connectivity index (χ3v) is 5.10. The number of hydrogen-bond acceptors (Lipinski definition) is 4. The van der Waals surface area contributed by atoms with Crippen molar-refractivity contribution < 1.29 is 27.4 Å². The number of rotatable bonds is 7. The molecule has 0 fully saturated rings. The van der Waals surface area contributed by atoms with Gasteiger partial charge in [0.05, 0.1) is 17.1 Å². The van der Waals surface area contributed by atoms with Crippen molar-refractivity contribution in [1.82, 2.24) is 4.31 Å². The lowest BCUT2D eigenvalue weighted by Crippen LogP contribution is -2.41. The smallest absolute Gasteiger partial charge is 0.337 e. The number of nitrogens with zero attached hydrogens (tertiary/aromatic N) is 1. The average molecular weight is 319 g/mol. The van der Waals surface area contributed by atoms with Crippen LogP contribution in [0.5, 0.6) is 0 Å². The summed E-state index contributed by atoms with van der Waals surface area (Å²) < 4.78 is 44.6. The lowest BCUT2D eigenvalue weighted by atomic mass is 10.2. The van der Waals surface area contributed by atoms with Crippen molar-refractivity contribution in [2.45, 2.75) is 24.8 Å². The molecule has 1 aromatic rings. The third-order valence-electron chi connectivity index (χ3n) is 2.97. The van der Waals surface area contributed by atoms with Gasteiger partial charge in [0.2, 0.25) is 10.0 Å². The summed E-state index contributed by atoms with van der Waals surface area (Å²) in [6.07, 6.45) is 0. The first-order valence-corrected chi connectivity index (χ1v) is 7.73. The molecule has 0 aliphatic rings. The van der Waals surface area contributed by atoms with E-state index in [0.29, 0.717) is 0 Å². The molecule has 6 nitrogen and oxygen atoms in total. The number of hydrogen-bond donors (Lipinski definition) is 1. The highest BCUT2D eigenvalue weighted by Gasteiger charge is 2.31. The number of aromatic carboxylic acids is 1. The number of carboxylic acids is 1. The maximum Gasteiger partial charge on any atom is 0.337 e. The molecule has 1 aromatic carbocycles. The summed E-state index contributed by atoms with van der Waals surface area (Å²) in [7, 11) is -2.71. The molecule has 1 unspecified atom stereocenters. The third kappa shape index (κ3) is 3.78. The van der Waals surface area contributed by atoms with Crippen LogP contribution in [0, 0.1) is 5.82 Å². The summed E-state index contributed by atoms with van der Waals surface area (Å²) in [5.41, 5.74) is -0.459. The fourth-order valence-corrected chi connectivity index (χ4v) is 3.88. The first-order chi connectivity index (χ1) is 9.75. The van der Waals surface area contributed by atoms with Gasteiger partial charge < -0.3 is 9.84 Å². The highest BCUT2D eigenvalue weighted by molar-refractivity contribution is 7.89. The maximum atomic E-state index is 13.4. The van der Waals surface area contributed by atoms with Crippen LogP contribution in [0.1, 0.15) is 24.2 Å². The van der Waals surface area contributed by atoms with Gasteiger partial charge in [0.15, 0.2) is 0 Å². The molecule has 0 amide bonds. The van der Waals surface area contributed by atoms with Crippen molar-refractivity contribution in [3.63, 3.8) is 0 Å². The molecule has 0 saturated heterocycles. The van der Waals surface area contributed by atoms with Crippen LogP contribution in [0.3, 0.4) is 0 Å². The Morgan fingerprint density at radius 3 is 2.57 bits per heavy atom. The van der Waals surface area contributed by atoms with E-state index in [1.165, 1.54) is 7.11 Å². The second-order valence-electron chi connectivity index (χ2n) is 4.46. The molecule has 118 valence electrons. The van der Waals surface area contributed by atoms with E-state index in [0.717, 1.165) is 22.5 Å². The molecule has 0 spiro atoms. The molecular formula is C13H18FNO5S. The second kappa shape index (κ2) is 6.97. The molecule has 0 aliphatic carbocycles. The molecule has 0 heterocycles. The molecular weight excluding hydrogens is 301 g/mol. The van der Waals surface area contributed by atoms with Gasteiger partial charge in [-0.25, -0.2) is 17.6 Å². The Morgan fingerprint density at radius 2 is 2.10 bits per heavy atom. The van der Waals surface area contributed by atoms with Crippen LogP contribution in [0.2, 0.25) is 0 Å². The van der Waals surface area contributed by atoms with Gasteiger partial charge in [0.1, 0.15) is 5.82 Å². The normalized spacial score (nSPS) is 13.4. The van der Waals surface area contributed by atoms with E-state index in [-0.39, 0.29) is 13.2 Å². The van der Waals surface area contributed by atoms with Gasteiger partial charge in [-0.3, -0.25) is 0 Å². The van der Waals surface area contributed by atoms with Gasteiger partial charge in [0, 0.05) is 19.7 Å². The molecule has 0 bridgehead atoms. The zero-order valence-electron chi connectivity index (χ0n) is 12.0. The minimum Gasteiger partial charge on any atom is -0.478 e. The second-order valence-corrected chi connectivity index (χ2v) is 6.32. The Morgan fingerprint density at radius 1 is 1.48 bits per heavy atom. The summed E-state index contributed by atoms with van der Waals surface area (Å²) in [6.45, 7) is 3.50. The Labute approximate surface area is 123 Å². The molecule has 1 rings (SSSR count). The summed E-state index contributed by atoms with van der Waals surface area (Å²) in [6, 6.07) is 2.08. The number of likely N-dealkylation sites (N-methyl/N-ethyl adjacent to an activating group) is 1. The number of carboxylic acid groups (broad SMARTS) is 1. The van der Waals surface area contributed by atoms with Crippen molar-refractivity contribution in [1.29, 1.82) is 0 Å². The predicted molar refractivity (Wildman–Crippen MR) is 74.3 cm³/mol. The standard InChI is InChI=1S/C13H18FNO5S/c1-4-15(9(2)8-20-3)21(18,19)12-7-10(14)5-6-11(12)13(16)17/h5-7,9H,4,8H2,1-3H3,(H,16,17). The fraction of sp³-hybridized carbons (Fsp3) is 0.462. The van der Waals surface area contributed by atoms with E-state index >= 15 is 0 Å². The van der Waals surface area contributed by atoms with Crippen LogP contribution in [0.15, 0.2) is 23.1 Å². The lowest BCUT2D eigenvalue weighted by Gasteiger charge is -2.27. The molecule has 0 aromatic heterocycles. The molecule has 8 heteroatoms. The van der Waals surface area contributed by atoms with Gasteiger partial charge in [-0.2, -0.15) is 4.31 Å². The highest BCUT2D eigenvalue weighted by Crippen LogP contribution is 2.23. The molecule has 1 N–H and O–H groups in total. The van der Waals surface area contributed by atoms with Gasteiger partial charge in [-0.1, -0.05) is 6.92 Å². The molecule has 0 saturated carbocycles. The van der Waals surface area contributed by atoms with Crippen molar-refractivity contribution in [3.8, 4) is 0 Å². The highest BCUT2D eigenvalue weighted by atomic mass is 32.2. The predicted octanol–water partition coefficient (Wildman–Crippen LogP) is 1.57. The molecule has 0 aliphatic heterocycles.